The summed E-state index contributed by atoms with van der Waals surface area (Å²) in [6.45, 7) is 0. The quantitative estimate of drug-likeness (QED) is 0.310. The van der Waals surface area contributed by atoms with Gasteiger partial charge in [-0.15, -0.1) is 0 Å². The van der Waals surface area contributed by atoms with Crippen molar-refractivity contribution in [3.8, 4) is 22.4 Å². The van der Waals surface area contributed by atoms with Crippen LogP contribution in [0.2, 0.25) is 0 Å². The van der Waals surface area contributed by atoms with Gasteiger partial charge in [-0.3, -0.25) is 0 Å². The minimum Gasteiger partial charge on any atom is -0.247 e. The van der Waals surface area contributed by atoms with Crippen LogP contribution >= 0.6 is 0 Å². The Balaban J connectivity index is 1.65. The molecule has 0 atom stereocenters. The van der Waals surface area contributed by atoms with E-state index in [1.54, 1.807) is 6.08 Å². The summed E-state index contributed by atoms with van der Waals surface area (Å²) in [4.78, 5) is 20.0. The van der Waals surface area contributed by atoms with E-state index in [1.807, 2.05) is 24.3 Å². The summed E-state index contributed by atoms with van der Waals surface area (Å²) in [5, 5.41) is 1.13. The molecule has 0 unspecified atom stereocenters. The number of hydrogen-bond acceptors (Lipinski definition) is 3. The highest BCUT2D eigenvalue weighted by Gasteiger charge is 2.38. The molecular formula is C26H20N2O. The van der Waals surface area contributed by atoms with Gasteiger partial charge in [0.15, 0.2) is 0 Å². The summed E-state index contributed by atoms with van der Waals surface area (Å²) in [6.07, 6.45) is 4.68. The Morgan fingerprint density at radius 1 is 0.828 bits per heavy atom. The van der Waals surface area contributed by atoms with Crippen LogP contribution in [0, 0.1) is 0 Å². The molecule has 0 radical (unpaired) electrons. The zero-order valence-electron chi connectivity index (χ0n) is 16.0. The van der Waals surface area contributed by atoms with Crippen LogP contribution in [0.3, 0.4) is 0 Å². The van der Waals surface area contributed by atoms with Crippen molar-refractivity contribution in [2.45, 2.75) is 24.8 Å². The number of carbonyl (C=O) groups excluding carboxylic acids is 1. The van der Waals surface area contributed by atoms with Gasteiger partial charge in [-0.2, -0.15) is 4.99 Å². The third kappa shape index (κ3) is 3.06. The zero-order chi connectivity index (χ0) is 19.7. The molecule has 3 heteroatoms. The molecule has 0 aliphatic heterocycles. The van der Waals surface area contributed by atoms with E-state index in [4.69, 9.17) is 4.98 Å². The molecule has 140 valence electrons. The number of aliphatic imine (C=N–C) groups is 1. The topological polar surface area (TPSA) is 42.3 Å². The fourth-order valence-corrected chi connectivity index (χ4v) is 4.18. The minimum absolute atomic E-state index is 0.376. The number of aromatic nitrogens is 1. The monoisotopic (exact) mass is 376 g/mol. The number of rotatable bonds is 4. The highest BCUT2D eigenvalue weighted by atomic mass is 16.1. The lowest BCUT2D eigenvalue weighted by Gasteiger charge is -2.37. The van der Waals surface area contributed by atoms with Gasteiger partial charge >= 0.3 is 0 Å². The fourth-order valence-electron chi connectivity index (χ4n) is 4.18. The van der Waals surface area contributed by atoms with Crippen molar-refractivity contribution < 1.29 is 4.79 Å². The molecule has 1 aliphatic carbocycles. The molecule has 29 heavy (non-hydrogen) atoms. The molecule has 4 aromatic rings. The van der Waals surface area contributed by atoms with Gasteiger partial charge in [0.1, 0.15) is 0 Å². The maximum atomic E-state index is 10.9. The maximum Gasteiger partial charge on any atom is 0.235 e. The lowest BCUT2D eigenvalue weighted by atomic mass is 9.72. The van der Waals surface area contributed by atoms with E-state index < -0.39 is 0 Å². The van der Waals surface area contributed by atoms with Crippen LogP contribution in [0.4, 0.5) is 0 Å². The molecule has 5 rings (SSSR count). The molecule has 0 spiro atoms. The number of pyridine rings is 1. The van der Waals surface area contributed by atoms with Crippen LogP contribution in [0.15, 0.2) is 89.9 Å². The molecule has 3 aromatic carbocycles. The maximum absolute atomic E-state index is 10.9. The molecule has 1 fully saturated rings. The molecule has 0 amide bonds. The molecule has 0 saturated heterocycles. The van der Waals surface area contributed by atoms with Gasteiger partial charge in [-0.25, -0.2) is 9.78 Å². The normalized spacial score (nSPS) is 14.8. The average molecular weight is 376 g/mol. The second-order valence-electron chi connectivity index (χ2n) is 7.61. The second kappa shape index (κ2) is 7.12. The number of nitrogens with zero attached hydrogens (tertiary/aromatic N) is 2. The minimum atomic E-state index is -0.376. The second-order valence-corrected chi connectivity index (χ2v) is 7.61. The van der Waals surface area contributed by atoms with Gasteiger partial charge < -0.3 is 0 Å². The lowest BCUT2D eigenvalue weighted by molar-refractivity contribution is 0.256. The first-order valence-corrected chi connectivity index (χ1v) is 9.94. The fraction of sp³-hybridized carbons (Fsp3) is 0.154. The van der Waals surface area contributed by atoms with Gasteiger partial charge in [0.25, 0.3) is 0 Å². The van der Waals surface area contributed by atoms with Gasteiger partial charge in [0.2, 0.25) is 6.08 Å². The Bertz CT molecular complexity index is 1220. The molecule has 1 heterocycles. The number of para-hydroxylation sites is 1. The van der Waals surface area contributed by atoms with Crippen molar-refractivity contribution in [3.05, 3.63) is 90.5 Å². The summed E-state index contributed by atoms with van der Waals surface area (Å²) in [5.41, 5.74) is 5.96. The smallest absolute Gasteiger partial charge is 0.235 e. The van der Waals surface area contributed by atoms with Crippen LogP contribution < -0.4 is 0 Å². The number of isocyanates is 1. The molecule has 1 aliphatic rings. The highest BCUT2D eigenvalue weighted by Crippen LogP contribution is 2.45. The number of hydrogen-bond donors (Lipinski definition) is 0. The van der Waals surface area contributed by atoms with E-state index >= 15 is 0 Å². The van der Waals surface area contributed by atoms with E-state index in [0.717, 1.165) is 58.1 Å². The van der Waals surface area contributed by atoms with Gasteiger partial charge in [-0.1, -0.05) is 72.8 Å². The summed E-state index contributed by atoms with van der Waals surface area (Å²) < 4.78 is 0. The summed E-state index contributed by atoms with van der Waals surface area (Å²) >= 11 is 0. The van der Waals surface area contributed by atoms with E-state index in [-0.39, 0.29) is 5.54 Å². The van der Waals surface area contributed by atoms with E-state index in [0.29, 0.717) is 0 Å². The van der Waals surface area contributed by atoms with E-state index in [2.05, 4.69) is 65.7 Å². The van der Waals surface area contributed by atoms with Gasteiger partial charge in [-0.05, 0) is 42.5 Å². The van der Waals surface area contributed by atoms with Crippen LogP contribution in [0.1, 0.15) is 24.8 Å². The predicted octanol–water partition coefficient (Wildman–Crippen LogP) is 6.28. The van der Waals surface area contributed by atoms with Gasteiger partial charge in [0.05, 0.1) is 16.7 Å². The van der Waals surface area contributed by atoms with Crippen LogP contribution in [-0.4, -0.2) is 11.1 Å². The Labute approximate surface area is 169 Å². The summed E-state index contributed by atoms with van der Waals surface area (Å²) in [6, 6.07) is 29.1. The first-order chi connectivity index (χ1) is 14.3. The lowest BCUT2D eigenvalue weighted by Crippen LogP contribution is -2.31. The third-order valence-electron chi connectivity index (χ3n) is 5.94. The Hall–Kier alpha value is -3.55. The zero-order valence-corrected chi connectivity index (χ0v) is 16.0. The van der Waals surface area contributed by atoms with Crippen molar-refractivity contribution in [2.75, 3.05) is 0 Å². The Morgan fingerprint density at radius 3 is 2.24 bits per heavy atom. The summed E-state index contributed by atoms with van der Waals surface area (Å²) in [7, 11) is 0. The molecule has 1 saturated carbocycles. The molecular weight excluding hydrogens is 356 g/mol. The molecule has 1 aromatic heterocycles. The van der Waals surface area contributed by atoms with Crippen LogP contribution in [-0.2, 0) is 10.3 Å². The molecule has 0 bridgehead atoms. The van der Waals surface area contributed by atoms with Crippen molar-refractivity contribution >= 4 is 17.0 Å². The van der Waals surface area contributed by atoms with Crippen molar-refractivity contribution in [3.63, 3.8) is 0 Å². The van der Waals surface area contributed by atoms with Gasteiger partial charge in [0, 0.05) is 16.5 Å². The van der Waals surface area contributed by atoms with Crippen molar-refractivity contribution in [2.24, 2.45) is 4.99 Å². The number of benzene rings is 3. The van der Waals surface area contributed by atoms with Crippen molar-refractivity contribution in [1.29, 1.82) is 0 Å². The van der Waals surface area contributed by atoms with E-state index in [1.165, 1.54) is 0 Å². The predicted molar refractivity (Wildman–Crippen MR) is 116 cm³/mol. The third-order valence-corrected chi connectivity index (χ3v) is 5.94. The van der Waals surface area contributed by atoms with Crippen LogP contribution in [0.5, 0.6) is 0 Å². The first kappa shape index (κ1) is 17.5. The van der Waals surface area contributed by atoms with E-state index in [9.17, 15) is 4.79 Å². The Kier molecular flexibility index (Phi) is 4.31. The summed E-state index contributed by atoms with van der Waals surface area (Å²) in [5.74, 6) is 0. The first-order valence-electron chi connectivity index (χ1n) is 9.94. The van der Waals surface area contributed by atoms with Crippen LogP contribution in [0.25, 0.3) is 33.3 Å². The largest absolute Gasteiger partial charge is 0.247 e. The van der Waals surface area contributed by atoms with Crippen molar-refractivity contribution in [1.82, 2.24) is 4.98 Å². The standard InChI is InChI=1S/C26H20N2O/c29-18-27-26(15-6-16-26)22-13-11-20(12-14-22)25-23(19-7-2-1-3-8-19)17-21-9-4-5-10-24(21)28-25/h1-5,7-14,17H,6,15-16H2. The Morgan fingerprint density at radius 2 is 1.55 bits per heavy atom. The molecule has 0 N–H and O–H groups in total. The molecule has 3 nitrogen and oxygen atoms in total. The average Bonchev–Trinajstić information content (AvgIpc) is 2.76. The SMILES string of the molecule is O=C=NC1(c2ccc(-c3nc4ccccc4cc3-c3ccccc3)cc2)CCC1. The highest BCUT2D eigenvalue weighted by molar-refractivity contribution is 5.91. The number of fused-ring (bicyclic) bond motifs is 1.